The van der Waals surface area contributed by atoms with Crippen molar-refractivity contribution in [2.24, 2.45) is 18.4 Å². The van der Waals surface area contributed by atoms with Crippen LogP contribution in [0.4, 0.5) is 14.6 Å². The van der Waals surface area contributed by atoms with Crippen LogP contribution in [-0.4, -0.2) is 43.1 Å². The molecule has 3 saturated carbocycles. The number of aryl methyl sites for hydroxylation is 1. The molecule has 1 aromatic carbocycles. The molecule has 0 radical (unpaired) electrons. The van der Waals surface area contributed by atoms with Crippen molar-refractivity contribution in [3.05, 3.63) is 52.8 Å². The number of aromatic hydroxyl groups is 1. The summed E-state index contributed by atoms with van der Waals surface area (Å²) in [5, 5.41) is 19.4. The molecular formula is C28H31F2N5O2. The Kier molecular flexibility index (Phi) is 5.76. The summed E-state index contributed by atoms with van der Waals surface area (Å²) in [5.74, 6) is 0.618. The van der Waals surface area contributed by atoms with Crippen LogP contribution in [0.2, 0.25) is 0 Å². The van der Waals surface area contributed by atoms with Crippen molar-refractivity contribution in [3.63, 3.8) is 0 Å². The molecule has 37 heavy (non-hydrogen) atoms. The molecule has 0 aliphatic heterocycles. The molecule has 0 unspecified atom stereocenters. The summed E-state index contributed by atoms with van der Waals surface area (Å²) < 4.78 is 31.5. The van der Waals surface area contributed by atoms with Gasteiger partial charge in [0.1, 0.15) is 17.7 Å². The first-order chi connectivity index (χ1) is 17.7. The molecule has 3 aliphatic carbocycles. The minimum atomic E-state index is -0.919. The van der Waals surface area contributed by atoms with Crippen LogP contribution in [0, 0.1) is 17.2 Å². The molecule has 2 heterocycles. The van der Waals surface area contributed by atoms with E-state index < -0.39 is 12.0 Å². The second kappa shape index (κ2) is 8.89. The van der Waals surface area contributed by atoms with Crippen LogP contribution in [0.5, 0.6) is 5.75 Å². The van der Waals surface area contributed by atoms with E-state index in [0.717, 1.165) is 55.7 Å². The first kappa shape index (κ1) is 24.0. The van der Waals surface area contributed by atoms with Crippen molar-refractivity contribution in [3.8, 4) is 28.3 Å². The maximum absolute atomic E-state index is 15.9. The van der Waals surface area contributed by atoms with E-state index in [-0.39, 0.29) is 40.2 Å². The molecule has 3 aromatic rings. The van der Waals surface area contributed by atoms with E-state index in [4.69, 9.17) is 0 Å². The molecule has 0 spiro atoms. The number of phenolic OH excluding ortho intramolecular Hbond substituents is 1. The zero-order valence-corrected chi connectivity index (χ0v) is 21.1. The molecule has 1 N–H and O–H groups in total. The van der Waals surface area contributed by atoms with E-state index in [2.05, 4.69) is 27.0 Å². The monoisotopic (exact) mass is 507 g/mol. The number of aromatic nitrogens is 4. The highest BCUT2D eigenvalue weighted by molar-refractivity contribution is 5.73. The van der Waals surface area contributed by atoms with Crippen molar-refractivity contribution in [2.75, 3.05) is 4.90 Å². The van der Waals surface area contributed by atoms with E-state index in [9.17, 15) is 14.3 Å². The Morgan fingerprint density at radius 2 is 1.97 bits per heavy atom. The first-order valence-corrected chi connectivity index (χ1v) is 13.1. The van der Waals surface area contributed by atoms with Crippen LogP contribution in [0.15, 0.2) is 41.5 Å². The van der Waals surface area contributed by atoms with Gasteiger partial charge in [0.05, 0.1) is 17.8 Å². The molecule has 4 atom stereocenters. The first-order valence-electron chi connectivity index (χ1n) is 13.1. The van der Waals surface area contributed by atoms with Gasteiger partial charge >= 0.3 is 0 Å². The zero-order valence-electron chi connectivity index (χ0n) is 21.1. The lowest BCUT2D eigenvalue weighted by molar-refractivity contribution is -0.0125. The van der Waals surface area contributed by atoms with Crippen LogP contribution in [-0.2, 0) is 7.05 Å². The number of benzene rings is 1. The lowest BCUT2D eigenvalue weighted by Gasteiger charge is -2.52. The molecule has 3 fully saturated rings. The van der Waals surface area contributed by atoms with Crippen LogP contribution >= 0.6 is 0 Å². The summed E-state index contributed by atoms with van der Waals surface area (Å²) in [4.78, 5) is 18.6. The number of rotatable bonds is 5. The van der Waals surface area contributed by atoms with Crippen LogP contribution < -0.4 is 10.5 Å². The van der Waals surface area contributed by atoms with Gasteiger partial charge in [0, 0.05) is 36.3 Å². The Morgan fingerprint density at radius 1 is 1.16 bits per heavy atom. The fraction of sp³-hybridized carbons (Fsp3) is 0.500. The largest absolute Gasteiger partial charge is 0.507 e. The van der Waals surface area contributed by atoms with Crippen LogP contribution in [0.25, 0.3) is 22.5 Å². The average Bonchev–Trinajstić information content (AvgIpc) is 3.70. The summed E-state index contributed by atoms with van der Waals surface area (Å²) in [5.41, 5.74) is 0.176. The van der Waals surface area contributed by atoms with Gasteiger partial charge in [-0.3, -0.25) is 4.79 Å². The van der Waals surface area contributed by atoms with Crippen LogP contribution in [0.3, 0.4) is 0 Å². The van der Waals surface area contributed by atoms with E-state index in [1.807, 2.05) is 0 Å². The highest BCUT2D eigenvalue weighted by atomic mass is 19.1. The zero-order chi connectivity index (χ0) is 25.9. The van der Waals surface area contributed by atoms with E-state index in [1.54, 1.807) is 18.3 Å². The number of hydrogen-bond donors (Lipinski definition) is 1. The van der Waals surface area contributed by atoms with E-state index in [1.165, 1.54) is 19.2 Å². The Hall–Kier alpha value is -3.36. The molecule has 6 rings (SSSR count). The Bertz CT molecular complexity index is 1390. The number of anilines is 1. The average molecular weight is 508 g/mol. The third-order valence-electron chi connectivity index (χ3n) is 8.53. The predicted octanol–water partition coefficient (Wildman–Crippen LogP) is 5.02. The summed E-state index contributed by atoms with van der Waals surface area (Å²) in [6.45, 7) is 2.10. The smallest absolute Gasteiger partial charge is 0.251 e. The maximum atomic E-state index is 15.9. The lowest BCUT2D eigenvalue weighted by Crippen LogP contribution is -2.56. The molecule has 194 valence electrons. The topological polar surface area (TPSA) is 84.1 Å². The maximum Gasteiger partial charge on any atom is 0.251 e. The van der Waals surface area contributed by atoms with Gasteiger partial charge < -0.3 is 14.6 Å². The quantitative estimate of drug-likeness (QED) is 0.522. The third-order valence-corrected chi connectivity index (χ3v) is 8.53. The molecular weight excluding hydrogens is 476 g/mol. The molecule has 0 amide bonds. The highest BCUT2D eigenvalue weighted by Crippen LogP contribution is 2.52. The number of alkyl halides is 1. The number of phenols is 1. The highest BCUT2D eigenvalue weighted by Gasteiger charge is 2.52. The molecule has 3 aliphatic rings. The van der Waals surface area contributed by atoms with E-state index >= 15 is 4.39 Å². The molecule has 0 saturated heterocycles. The standard InChI is InChI=1S/C28H31F2N5O2/c1-28-9-3-4-16(13-28)10-22(26(28)30)35(18-6-7-18)24-14-31-27(33-32-24)19-8-5-17(11-23(19)36)20-12-25(37)34(2)15-21(20)29/h5,8,11-12,14-16,18,22,26,36H,3-4,6-7,9-10,13H2,1-2H3/t16-,22-,26-,28-/m0/s1. The van der Waals surface area contributed by atoms with Gasteiger partial charge in [0.2, 0.25) is 0 Å². The predicted molar refractivity (Wildman–Crippen MR) is 136 cm³/mol. The van der Waals surface area contributed by atoms with Crippen molar-refractivity contribution >= 4 is 5.82 Å². The van der Waals surface area contributed by atoms with Gasteiger partial charge in [-0.1, -0.05) is 25.8 Å². The number of nitrogens with zero attached hydrogens (tertiary/aromatic N) is 5. The summed E-state index contributed by atoms with van der Waals surface area (Å²) in [6, 6.07) is 5.80. The fourth-order valence-corrected chi connectivity index (χ4v) is 6.49. The molecule has 7 nitrogen and oxygen atoms in total. The van der Waals surface area contributed by atoms with Crippen molar-refractivity contribution < 1.29 is 13.9 Å². The molecule has 9 heteroatoms. The minimum absolute atomic E-state index is 0.103. The van der Waals surface area contributed by atoms with Gasteiger partial charge in [0.15, 0.2) is 11.6 Å². The Morgan fingerprint density at radius 3 is 2.68 bits per heavy atom. The van der Waals surface area contributed by atoms with E-state index in [0.29, 0.717) is 22.9 Å². The summed E-state index contributed by atoms with van der Waals surface area (Å²) in [7, 11) is 1.47. The van der Waals surface area contributed by atoms with Crippen LogP contribution in [0.1, 0.15) is 51.9 Å². The number of hydrogen-bond acceptors (Lipinski definition) is 6. The van der Waals surface area contributed by atoms with Gasteiger partial charge in [-0.15, -0.1) is 10.2 Å². The number of pyridine rings is 1. The Balaban J connectivity index is 1.28. The number of halogens is 2. The van der Waals surface area contributed by atoms with Gasteiger partial charge in [0.25, 0.3) is 5.56 Å². The fourth-order valence-electron chi connectivity index (χ4n) is 6.49. The normalized spacial score (nSPS) is 27.2. The second-order valence-electron chi connectivity index (χ2n) is 11.3. The van der Waals surface area contributed by atoms with Gasteiger partial charge in [-0.05, 0) is 55.7 Å². The van der Waals surface area contributed by atoms with Crippen molar-refractivity contribution in [2.45, 2.75) is 70.1 Å². The lowest BCUT2D eigenvalue weighted by atomic mass is 9.60. The summed E-state index contributed by atoms with van der Waals surface area (Å²) in [6.07, 6.45) is 8.82. The number of fused-ring (bicyclic) bond motifs is 2. The SMILES string of the molecule is Cn1cc(F)c(-c2ccc(-c3ncc(N(C4CC4)[C@H]4C[C@@H]5CCC[C@@](C)(C5)[C@H]4F)nn3)c(O)c2)cc1=O. The molecule has 2 aromatic heterocycles. The third kappa shape index (κ3) is 4.28. The Labute approximate surface area is 214 Å². The minimum Gasteiger partial charge on any atom is -0.507 e. The molecule has 2 bridgehead atoms. The van der Waals surface area contributed by atoms with Gasteiger partial charge in [-0.25, -0.2) is 13.8 Å². The summed E-state index contributed by atoms with van der Waals surface area (Å²) >= 11 is 0. The second-order valence-corrected chi connectivity index (χ2v) is 11.3. The van der Waals surface area contributed by atoms with Gasteiger partial charge in [-0.2, -0.15) is 0 Å². The van der Waals surface area contributed by atoms with Crippen molar-refractivity contribution in [1.29, 1.82) is 0 Å². The van der Waals surface area contributed by atoms with Crippen molar-refractivity contribution in [1.82, 2.24) is 19.7 Å².